The highest BCUT2D eigenvalue weighted by atomic mass is 35.5. The van der Waals surface area contributed by atoms with Gasteiger partial charge in [0.05, 0.1) is 23.8 Å². The molecule has 6 heteroatoms. The topological polar surface area (TPSA) is 77.2 Å². The van der Waals surface area contributed by atoms with Crippen LogP contribution in [0.1, 0.15) is 32.1 Å². The van der Waals surface area contributed by atoms with Crippen LogP contribution in [0.4, 0.5) is 5.69 Å². The number of hydrogen-bond donors (Lipinski definition) is 2. The molecule has 0 fully saturated rings. The van der Waals surface area contributed by atoms with Crippen LogP contribution < -0.4 is 15.8 Å². The fourth-order valence-corrected chi connectivity index (χ4v) is 3.37. The molecule has 2 aromatic carbocycles. The molecule has 3 rings (SSSR count). The van der Waals surface area contributed by atoms with Crippen molar-refractivity contribution < 1.29 is 9.53 Å². The fraction of sp³-hybridized carbons (Fsp3) is 0.333. The van der Waals surface area contributed by atoms with Crippen molar-refractivity contribution in [2.24, 2.45) is 5.73 Å². The monoisotopic (exact) mass is 385 g/mol. The van der Waals surface area contributed by atoms with Crippen molar-refractivity contribution in [3.63, 3.8) is 0 Å². The third kappa shape index (κ3) is 4.80. The Morgan fingerprint density at radius 1 is 1.07 bits per heavy atom. The van der Waals surface area contributed by atoms with Crippen LogP contribution in [0.2, 0.25) is 5.02 Å². The van der Waals surface area contributed by atoms with Crippen LogP contribution >= 0.6 is 11.6 Å². The number of nitrogens with one attached hydrogen (secondary N) is 1. The normalized spacial score (nSPS) is 11.0. The summed E-state index contributed by atoms with van der Waals surface area (Å²) in [5.74, 6) is 0.572. The lowest BCUT2D eigenvalue weighted by Gasteiger charge is -2.14. The van der Waals surface area contributed by atoms with Crippen molar-refractivity contribution in [1.29, 1.82) is 0 Å². The molecule has 3 N–H and O–H groups in total. The average molecular weight is 386 g/mol. The lowest BCUT2D eigenvalue weighted by Crippen LogP contribution is -2.09. The van der Waals surface area contributed by atoms with Gasteiger partial charge in [0.1, 0.15) is 5.75 Å². The van der Waals surface area contributed by atoms with Crippen molar-refractivity contribution in [2.75, 3.05) is 19.0 Å². The number of anilines is 1. The minimum absolute atomic E-state index is 0.226. The van der Waals surface area contributed by atoms with Gasteiger partial charge in [-0.3, -0.25) is 4.79 Å². The van der Waals surface area contributed by atoms with Crippen LogP contribution in [0.5, 0.6) is 5.75 Å². The maximum absolute atomic E-state index is 10.8. The van der Waals surface area contributed by atoms with Gasteiger partial charge in [0.25, 0.3) is 0 Å². The number of rotatable bonds is 9. The molecule has 3 aromatic rings. The maximum Gasteiger partial charge on any atom is 0.217 e. The summed E-state index contributed by atoms with van der Waals surface area (Å²) < 4.78 is 5.38. The van der Waals surface area contributed by atoms with Gasteiger partial charge in [0.15, 0.2) is 0 Å². The summed E-state index contributed by atoms with van der Waals surface area (Å²) in [6.07, 6.45) is 4.39. The van der Waals surface area contributed by atoms with Crippen LogP contribution in [0, 0.1) is 0 Å². The molecular weight excluding hydrogens is 362 g/mol. The molecule has 0 aliphatic carbocycles. The largest absolute Gasteiger partial charge is 0.497 e. The molecule has 0 atom stereocenters. The lowest BCUT2D eigenvalue weighted by molar-refractivity contribution is -0.118. The number of benzene rings is 2. The van der Waals surface area contributed by atoms with Crippen molar-refractivity contribution in [1.82, 2.24) is 4.98 Å². The summed E-state index contributed by atoms with van der Waals surface area (Å²) in [5, 5.41) is 6.30. The Balaban J connectivity index is 1.81. The quantitative estimate of drug-likeness (QED) is 0.405. The third-order valence-corrected chi connectivity index (χ3v) is 4.83. The number of nitrogens with zero attached hydrogens (tertiary/aromatic N) is 1. The molecule has 142 valence electrons. The highest BCUT2D eigenvalue weighted by Gasteiger charge is 2.10. The maximum atomic E-state index is 10.8. The second kappa shape index (κ2) is 8.91. The number of methoxy groups -OCH3 is 1. The van der Waals surface area contributed by atoms with Gasteiger partial charge in [-0.15, -0.1) is 0 Å². The molecule has 0 saturated carbocycles. The van der Waals surface area contributed by atoms with Crippen molar-refractivity contribution in [2.45, 2.75) is 32.1 Å². The van der Waals surface area contributed by atoms with Crippen molar-refractivity contribution in [3.05, 3.63) is 41.4 Å². The summed E-state index contributed by atoms with van der Waals surface area (Å²) in [6, 6.07) is 11.6. The summed E-state index contributed by atoms with van der Waals surface area (Å²) in [5.41, 5.74) is 7.98. The number of aromatic nitrogens is 1. The minimum Gasteiger partial charge on any atom is -0.497 e. The zero-order valence-electron chi connectivity index (χ0n) is 15.4. The van der Waals surface area contributed by atoms with Gasteiger partial charge >= 0.3 is 0 Å². The first-order chi connectivity index (χ1) is 13.1. The number of unbranched alkanes of at least 4 members (excludes halogenated alkanes) is 3. The van der Waals surface area contributed by atoms with Gasteiger partial charge < -0.3 is 15.8 Å². The molecule has 0 spiro atoms. The standard InChI is InChI=1S/C21H24ClN3O2/c1-27-15-8-10-18-17(13-15)21(16-9-7-14(22)12-19(16)25-18)24-11-5-3-2-4-6-20(23)26/h7-10,12-13H,2-6,11H2,1H3,(H2,23,26)(H,24,25). The average Bonchev–Trinajstić information content (AvgIpc) is 2.65. The van der Waals surface area contributed by atoms with Gasteiger partial charge in [-0.05, 0) is 49.2 Å². The summed E-state index contributed by atoms with van der Waals surface area (Å²) in [4.78, 5) is 15.5. The molecule has 1 amide bonds. The highest BCUT2D eigenvalue weighted by molar-refractivity contribution is 6.31. The molecule has 1 heterocycles. The van der Waals surface area contributed by atoms with E-state index < -0.39 is 0 Å². The summed E-state index contributed by atoms with van der Waals surface area (Å²) in [6.45, 7) is 0.838. The smallest absolute Gasteiger partial charge is 0.217 e. The van der Waals surface area contributed by atoms with E-state index in [0.717, 1.165) is 65.5 Å². The molecule has 1 aromatic heterocycles. The predicted molar refractivity (Wildman–Crippen MR) is 112 cm³/mol. The SMILES string of the molecule is COc1ccc2nc3cc(Cl)ccc3c(NCCCCCCC(N)=O)c2c1. The number of primary amides is 1. The number of amides is 1. The van der Waals surface area contributed by atoms with E-state index >= 15 is 0 Å². The molecule has 0 unspecified atom stereocenters. The Bertz CT molecular complexity index is 959. The van der Waals surface area contributed by atoms with E-state index in [1.165, 1.54) is 0 Å². The Hall–Kier alpha value is -2.53. The van der Waals surface area contributed by atoms with E-state index in [1.807, 2.05) is 36.4 Å². The van der Waals surface area contributed by atoms with Crippen LogP contribution in [0.15, 0.2) is 36.4 Å². The summed E-state index contributed by atoms with van der Waals surface area (Å²) in [7, 11) is 1.66. The number of hydrogen-bond acceptors (Lipinski definition) is 4. The lowest BCUT2D eigenvalue weighted by atomic mass is 10.1. The fourth-order valence-electron chi connectivity index (χ4n) is 3.21. The number of pyridine rings is 1. The van der Waals surface area contributed by atoms with Crippen molar-refractivity contribution >= 4 is 45.0 Å². The first-order valence-electron chi connectivity index (χ1n) is 9.17. The van der Waals surface area contributed by atoms with Gasteiger partial charge in [-0.2, -0.15) is 0 Å². The van der Waals surface area contributed by atoms with Crippen LogP contribution in [-0.4, -0.2) is 24.5 Å². The van der Waals surface area contributed by atoms with E-state index in [0.29, 0.717) is 11.4 Å². The van der Waals surface area contributed by atoms with Crippen LogP contribution in [-0.2, 0) is 4.79 Å². The first kappa shape index (κ1) is 19.2. The van der Waals surface area contributed by atoms with E-state index in [9.17, 15) is 4.79 Å². The van der Waals surface area contributed by atoms with Gasteiger partial charge in [0, 0.05) is 28.8 Å². The van der Waals surface area contributed by atoms with Gasteiger partial charge in [-0.1, -0.05) is 24.4 Å². The Labute approximate surface area is 163 Å². The molecule has 27 heavy (non-hydrogen) atoms. The Morgan fingerprint density at radius 2 is 1.89 bits per heavy atom. The van der Waals surface area contributed by atoms with Crippen LogP contribution in [0.3, 0.4) is 0 Å². The molecular formula is C21H24ClN3O2. The minimum atomic E-state index is -0.226. The van der Waals surface area contributed by atoms with E-state index in [4.69, 9.17) is 27.1 Å². The molecule has 5 nitrogen and oxygen atoms in total. The zero-order chi connectivity index (χ0) is 19.2. The molecule has 0 aliphatic rings. The molecule has 0 saturated heterocycles. The number of halogens is 1. The zero-order valence-corrected chi connectivity index (χ0v) is 16.2. The predicted octanol–water partition coefficient (Wildman–Crippen LogP) is 4.90. The van der Waals surface area contributed by atoms with Gasteiger partial charge in [-0.25, -0.2) is 4.98 Å². The Morgan fingerprint density at radius 3 is 2.67 bits per heavy atom. The second-order valence-electron chi connectivity index (χ2n) is 6.59. The summed E-state index contributed by atoms with van der Waals surface area (Å²) >= 11 is 6.15. The number of fused-ring (bicyclic) bond motifs is 2. The number of carbonyl (C=O) groups is 1. The highest BCUT2D eigenvalue weighted by Crippen LogP contribution is 2.34. The second-order valence-corrected chi connectivity index (χ2v) is 7.03. The van der Waals surface area contributed by atoms with Gasteiger partial charge in [0.2, 0.25) is 5.91 Å². The number of nitrogens with two attached hydrogens (primary N) is 1. The van der Waals surface area contributed by atoms with E-state index in [-0.39, 0.29) is 5.91 Å². The van der Waals surface area contributed by atoms with Crippen molar-refractivity contribution in [3.8, 4) is 5.75 Å². The Kier molecular flexibility index (Phi) is 6.35. The van der Waals surface area contributed by atoms with E-state index in [2.05, 4.69) is 5.32 Å². The van der Waals surface area contributed by atoms with Crippen LogP contribution in [0.25, 0.3) is 21.8 Å². The molecule has 0 aliphatic heterocycles. The first-order valence-corrected chi connectivity index (χ1v) is 9.55. The molecule has 0 radical (unpaired) electrons. The van der Waals surface area contributed by atoms with E-state index in [1.54, 1.807) is 7.11 Å². The number of carbonyl (C=O) groups excluding carboxylic acids is 1. The number of ether oxygens (including phenoxy) is 1. The molecule has 0 bridgehead atoms. The third-order valence-electron chi connectivity index (χ3n) is 4.59.